The van der Waals surface area contributed by atoms with Crippen molar-refractivity contribution in [3.8, 4) is 11.9 Å². The maximum Gasteiger partial charge on any atom is 0.238 e. The minimum absolute atomic E-state index is 0.0676. The SMILES string of the molecule is N#Cc1cnc2c(c1)/C(=C\c1[nH]c(NCC3CC3)nc1O)C=N2. The summed E-state index contributed by atoms with van der Waals surface area (Å²) < 4.78 is 0. The van der Waals surface area contributed by atoms with E-state index in [-0.39, 0.29) is 5.88 Å². The lowest BCUT2D eigenvalue weighted by molar-refractivity contribution is 0.455. The van der Waals surface area contributed by atoms with E-state index in [1.165, 1.54) is 19.0 Å². The molecule has 0 amide bonds. The number of pyridine rings is 1. The van der Waals surface area contributed by atoms with Gasteiger partial charge in [-0.2, -0.15) is 10.2 Å². The maximum absolute atomic E-state index is 9.98. The molecule has 4 rings (SSSR count). The molecule has 1 saturated carbocycles. The number of aromatic hydroxyl groups is 1. The lowest BCUT2D eigenvalue weighted by atomic mass is 10.1. The summed E-state index contributed by atoms with van der Waals surface area (Å²) in [6.07, 6.45) is 7.40. The van der Waals surface area contributed by atoms with Crippen LogP contribution in [0.3, 0.4) is 0 Å². The topological polar surface area (TPSA) is 110 Å². The molecule has 114 valence electrons. The summed E-state index contributed by atoms with van der Waals surface area (Å²) in [6, 6.07) is 3.80. The van der Waals surface area contributed by atoms with E-state index in [0.29, 0.717) is 28.9 Å². The number of nitrogens with zero attached hydrogens (tertiary/aromatic N) is 4. The van der Waals surface area contributed by atoms with Crippen molar-refractivity contribution >= 4 is 29.6 Å². The van der Waals surface area contributed by atoms with Gasteiger partial charge in [-0.15, -0.1) is 0 Å². The van der Waals surface area contributed by atoms with Gasteiger partial charge in [0.2, 0.25) is 11.8 Å². The van der Waals surface area contributed by atoms with Crippen LogP contribution in [0.25, 0.3) is 11.6 Å². The molecule has 0 radical (unpaired) electrons. The molecule has 2 aliphatic rings. The van der Waals surface area contributed by atoms with Gasteiger partial charge in [0.15, 0.2) is 5.82 Å². The second-order valence-electron chi connectivity index (χ2n) is 5.71. The van der Waals surface area contributed by atoms with E-state index in [9.17, 15) is 5.11 Å². The molecule has 1 fully saturated rings. The molecule has 2 aromatic heterocycles. The number of fused-ring (bicyclic) bond motifs is 1. The van der Waals surface area contributed by atoms with Crippen LogP contribution in [0.1, 0.15) is 29.7 Å². The number of allylic oxidation sites excluding steroid dienone is 1. The Kier molecular flexibility index (Phi) is 3.08. The van der Waals surface area contributed by atoms with E-state index in [4.69, 9.17) is 5.26 Å². The molecule has 3 heterocycles. The summed E-state index contributed by atoms with van der Waals surface area (Å²) in [5.74, 6) is 1.78. The van der Waals surface area contributed by atoms with Gasteiger partial charge in [0.05, 0.1) is 5.56 Å². The van der Waals surface area contributed by atoms with Crippen molar-refractivity contribution in [1.82, 2.24) is 15.0 Å². The number of aliphatic imine (C=N–C) groups is 1. The number of anilines is 1. The fourth-order valence-corrected chi connectivity index (χ4v) is 2.43. The first-order valence-electron chi connectivity index (χ1n) is 7.42. The zero-order valence-corrected chi connectivity index (χ0v) is 12.2. The first-order chi connectivity index (χ1) is 11.2. The summed E-state index contributed by atoms with van der Waals surface area (Å²) in [7, 11) is 0. The summed E-state index contributed by atoms with van der Waals surface area (Å²) in [4.78, 5) is 15.5. The van der Waals surface area contributed by atoms with Crippen LogP contribution in [-0.4, -0.2) is 32.8 Å². The molecular weight excluding hydrogens is 292 g/mol. The van der Waals surface area contributed by atoms with Crippen LogP contribution in [0.5, 0.6) is 5.88 Å². The average Bonchev–Trinajstić information content (AvgIpc) is 3.22. The van der Waals surface area contributed by atoms with Gasteiger partial charge < -0.3 is 15.4 Å². The Hall–Kier alpha value is -3.14. The number of imidazole rings is 1. The quantitative estimate of drug-likeness (QED) is 0.803. The zero-order chi connectivity index (χ0) is 15.8. The fraction of sp³-hybridized carbons (Fsp3) is 0.250. The van der Waals surface area contributed by atoms with Crippen LogP contribution in [-0.2, 0) is 0 Å². The summed E-state index contributed by atoms with van der Waals surface area (Å²) in [5, 5.41) is 22.2. The number of hydrogen-bond donors (Lipinski definition) is 3. The Bertz CT molecular complexity index is 869. The number of aromatic amines is 1. The van der Waals surface area contributed by atoms with Crippen LogP contribution in [0.2, 0.25) is 0 Å². The van der Waals surface area contributed by atoms with E-state index in [1.54, 1.807) is 18.4 Å². The smallest absolute Gasteiger partial charge is 0.238 e. The summed E-state index contributed by atoms with van der Waals surface area (Å²) in [6.45, 7) is 0.864. The predicted octanol–water partition coefficient (Wildman–Crippen LogP) is 2.46. The number of nitrogens with one attached hydrogen (secondary N) is 2. The molecule has 23 heavy (non-hydrogen) atoms. The van der Waals surface area contributed by atoms with Gasteiger partial charge in [-0.3, -0.25) is 0 Å². The number of H-pyrrole nitrogens is 1. The Morgan fingerprint density at radius 3 is 3.13 bits per heavy atom. The Morgan fingerprint density at radius 2 is 2.35 bits per heavy atom. The van der Waals surface area contributed by atoms with Crippen LogP contribution in [0.4, 0.5) is 11.8 Å². The van der Waals surface area contributed by atoms with Gasteiger partial charge in [-0.25, -0.2) is 9.98 Å². The van der Waals surface area contributed by atoms with Crippen molar-refractivity contribution < 1.29 is 5.11 Å². The van der Waals surface area contributed by atoms with Gasteiger partial charge in [-0.1, -0.05) is 0 Å². The molecule has 2 aromatic rings. The van der Waals surface area contributed by atoms with E-state index < -0.39 is 0 Å². The highest BCUT2D eigenvalue weighted by Gasteiger charge is 2.21. The van der Waals surface area contributed by atoms with E-state index in [1.807, 2.05) is 0 Å². The van der Waals surface area contributed by atoms with Gasteiger partial charge in [0.25, 0.3) is 0 Å². The monoisotopic (exact) mass is 306 g/mol. The molecule has 7 heteroatoms. The largest absolute Gasteiger partial charge is 0.492 e. The summed E-state index contributed by atoms with van der Waals surface area (Å²) >= 11 is 0. The third kappa shape index (κ3) is 2.66. The molecule has 1 aliphatic heterocycles. The lowest BCUT2D eigenvalue weighted by Gasteiger charge is -2.00. The molecule has 0 atom stereocenters. The zero-order valence-electron chi connectivity index (χ0n) is 12.2. The number of nitriles is 1. The normalized spacial score (nSPS) is 17.3. The average molecular weight is 306 g/mol. The second-order valence-corrected chi connectivity index (χ2v) is 5.71. The van der Waals surface area contributed by atoms with Crippen LogP contribution >= 0.6 is 0 Å². The van der Waals surface area contributed by atoms with Crippen LogP contribution in [0, 0.1) is 17.2 Å². The molecule has 0 unspecified atom stereocenters. The highest BCUT2D eigenvalue weighted by atomic mass is 16.3. The molecule has 1 aliphatic carbocycles. The van der Waals surface area contributed by atoms with Crippen molar-refractivity contribution in [2.75, 3.05) is 11.9 Å². The van der Waals surface area contributed by atoms with Gasteiger partial charge in [0.1, 0.15) is 11.8 Å². The van der Waals surface area contributed by atoms with Gasteiger partial charge in [-0.05, 0) is 30.9 Å². The molecule has 0 spiro atoms. The predicted molar refractivity (Wildman–Crippen MR) is 86.4 cm³/mol. The Morgan fingerprint density at radius 1 is 1.48 bits per heavy atom. The van der Waals surface area contributed by atoms with Crippen molar-refractivity contribution in [2.45, 2.75) is 12.8 Å². The number of rotatable bonds is 4. The first kappa shape index (κ1) is 13.5. The number of hydrogen-bond acceptors (Lipinski definition) is 6. The highest BCUT2D eigenvalue weighted by Crippen LogP contribution is 2.33. The third-order valence-electron chi connectivity index (χ3n) is 3.90. The molecule has 0 aromatic carbocycles. The fourth-order valence-electron chi connectivity index (χ4n) is 2.43. The van der Waals surface area contributed by atoms with Gasteiger partial charge >= 0.3 is 0 Å². The Labute approximate surface area is 132 Å². The highest BCUT2D eigenvalue weighted by molar-refractivity contribution is 6.21. The molecular formula is C16H14N6O. The Balaban J connectivity index is 1.62. The van der Waals surface area contributed by atoms with E-state index in [2.05, 4.69) is 31.3 Å². The van der Waals surface area contributed by atoms with Gasteiger partial charge in [0, 0.05) is 30.1 Å². The number of aromatic nitrogens is 3. The van der Waals surface area contributed by atoms with Crippen LogP contribution in [0.15, 0.2) is 17.3 Å². The van der Waals surface area contributed by atoms with Crippen molar-refractivity contribution in [3.05, 3.63) is 29.1 Å². The van der Waals surface area contributed by atoms with E-state index in [0.717, 1.165) is 17.7 Å². The van der Waals surface area contributed by atoms with Crippen molar-refractivity contribution in [3.63, 3.8) is 0 Å². The van der Waals surface area contributed by atoms with Crippen molar-refractivity contribution in [1.29, 1.82) is 5.26 Å². The lowest BCUT2D eigenvalue weighted by Crippen LogP contribution is -2.04. The minimum atomic E-state index is -0.0676. The first-order valence-corrected chi connectivity index (χ1v) is 7.42. The second kappa shape index (κ2) is 5.25. The minimum Gasteiger partial charge on any atom is -0.492 e. The summed E-state index contributed by atoms with van der Waals surface area (Å²) in [5.41, 5.74) is 2.52. The third-order valence-corrected chi connectivity index (χ3v) is 3.90. The molecule has 7 nitrogen and oxygen atoms in total. The standard InChI is InChI=1S/C16H14N6O/c17-5-10-3-12-11(8-19-14(12)18-7-10)4-13-15(23)22-16(21-13)20-6-9-1-2-9/h3-4,7-9,23H,1-2,6H2,(H2,20,21,22)/b11-4-. The van der Waals surface area contributed by atoms with Crippen LogP contribution < -0.4 is 5.32 Å². The van der Waals surface area contributed by atoms with E-state index >= 15 is 0 Å². The molecule has 0 saturated heterocycles. The molecule has 0 bridgehead atoms. The van der Waals surface area contributed by atoms with Crippen molar-refractivity contribution in [2.24, 2.45) is 10.9 Å². The molecule has 3 N–H and O–H groups in total. The maximum atomic E-state index is 9.98.